The topological polar surface area (TPSA) is 76.7 Å². The number of hydrogen-bond acceptors (Lipinski definition) is 8. The molecular formula is C18H21N5OS2. The van der Waals surface area contributed by atoms with Gasteiger partial charge in [0.1, 0.15) is 0 Å². The van der Waals surface area contributed by atoms with E-state index in [1.165, 1.54) is 37.7 Å². The van der Waals surface area contributed by atoms with Crippen LogP contribution < -0.4 is 5.32 Å². The molecule has 4 rings (SSSR count). The van der Waals surface area contributed by atoms with Gasteiger partial charge in [-0.25, -0.2) is 0 Å². The summed E-state index contributed by atoms with van der Waals surface area (Å²) in [5, 5.41) is 17.0. The van der Waals surface area contributed by atoms with Gasteiger partial charge in [-0.2, -0.15) is 4.98 Å². The zero-order valence-corrected chi connectivity index (χ0v) is 16.3. The fourth-order valence-corrected chi connectivity index (χ4v) is 4.67. The van der Waals surface area contributed by atoms with E-state index in [-0.39, 0.29) is 0 Å². The van der Waals surface area contributed by atoms with Crippen molar-refractivity contribution >= 4 is 28.2 Å². The molecule has 26 heavy (non-hydrogen) atoms. The molecule has 6 nitrogen and oxygen atoms in total. The Bertz CT molecular complexity index is 839. The Kier molecular flexibility index (Phi) is 5.50. The van der Waals surface area contributed by atoms with Crippen LogP contribution in [0.15, 0.2) is 33.1 Å². The van der Waals surface area contributed by atoms with E-state index in [1.807, 2.05) is 24.3 Å². The van der Waals surface area contributed by atoms with Gasteiger partial charge in [0.25, 0.3) is 0 Å². The van der Waals surface area contributed by atoms with Crippen LogP contribution in [0.25, 0.3) is 11.4 Å². The van der Waals surface area contributed by atoms with E-state index in [0.717, 1.165) is 15.0 Å². The molecular weight excluding hydrogens is 366 g/mol. The van der Waals surface area contributed by atoms with Crippen LogP contribution in [0.3, 0.4) is 0 Å². The van der Waals surface area contributed by atoms with Crippen molar-refractivity contribution < 1.29 is 4.52 Å². The van der Waals surface area contributed by atoms with Crippen LogP contribution in [0.4, 0.5) is 5.13 Å². The Labute approximate surface area is 160 Å². The van der Waals surface area contributed by atoms with Crippen LogP contribution in [0.5, 0.6) is 0 Å². The molecule has 0 radical (unpaired) electrons. The highest BCUT2D eigenvalue weighted by atomic mass is 32.2. The Morgan fingerprint density at radius 2 is 1.96 bits per heavy atom. The molecule has 0 spiro atoms. The summed E-state index contributed by atoms with van der Waals surface area (Å²) in [6.45, 7) is 2.06. The summed E-state index contributed by atoms with van der Waals surface area (Å²) >= 11 is 3.17. The number of aryl methyl sites for hydroxylation is 1. The fourth-order valence-electron chi connectivity index (χ4n) is 3.00. The van der Waals surface area contributed by atoms with E-state index < -0.39 is 0 Å². The first-order valence-corrected chi connectivity index (χ1v) is 10.7. The lowest BCUT2D eigenvalue weighted by Crippen LogP contribution is -2.21. The fraction of sp³-hybridized carbons (Fsp3) is 0.444. The molecule has 3 aromatic rings. The number of rotatable bonds is 6. The van der Waals surface area contributed by atoms with E-state index >= 15 is 0 Å². The normalized spacial score (nSPS) is 15.3. The van der Waals surface area contributed by atoms with Crippen LogP contribution in [-0.4, -0.2) is 26.4 Å². The third-order valence-corrected chi connectivity index (χ3v) is 6.41. The number of thioether (sulfide) groups is 1. The second kappa shape index (κ2) is 8.18. The Hall–Kier alpha value is -1.93. The minimum atomic E-state index is 0.544. The smallest absolute Gasteiger partial charge is 0.237 e. The molecule has 0 saturated heterocycles. The van der Waals surface area contributed by atoms with Crippen LogP contribution in [0, 0.1) is 6.92 Å². The summed E-state index contributed by atoms with van der Waals surface area (Å²) in [7, 11) is 0. The van der Waals surface area contributed by atoms with Crippen molar-refractivity contribution in [1.29, 1.82) is 0 Å². The molecule has 1 fully saturated rings. The van der Waals surface area contributed by atoms with Gasteiger partial charge in [0, 0.05) is 11.6 Å². The van der Waals surface area contributed by atoms with Crippen molar-refractivity contribution in [3.05, 3.63) is 35.7 Å². The second-order valence-electron chi connectivity index (χ2n) is 6.52. The van der Waals surface area contributed by atoms with Crippen molar-refractivity contribution in [3.63, 3.8) is 0 Å². The van der Waals surface area contributed by atoms with Crippen LogP contribution in [0.2, 0.25) is 0 Å². The first-order chi connectivity index (χ1) is 12.8. The maximum Gasteiger partial charge on any atom is 0.237 e. The van der Waals surface area contributed by atoms with Gasteiger partial charge in [0.15, 0.2) is 4.34 Å². The lowest BCUT2D eigenvalue weighted by Gasteiger charge is -2.21. The van der Waals surface area contributed by atoms with Crippen molar-refractivity contribution in [1.82, 2.24) is 20.3 Å². The number of aromatic nitrogens is 4. The Balaban J connectivity index is 1.32. The SMILES string of the molecule is Cc1ccc(-c2noc(CSc3nnc(NC4CCCCC4)s3)n2)cc1. The largest absolute Gasteiger partial charge is 0.357 e. The molecule has 136 valence electrons. The molecule has 8 heteroatoms. The molecule has 1 aromatic carbocycles. The average Bonchev–Trinajstić information content (AvgIpc) is 3.31. The maximum absolute atomic E-state index is 5.36. The molecule has 0 amide bonds. The van der Waals surface area contributed by atoms with Gasteiger partial charge < -0.3 is 9.84 Å². The standard InChI is InChI=1S/C18H21N5OS2/c1-12-7-9-13(10-8-12)16-20-15(24-23-16)11-25-18-22-21-17(26-18)19-14-5-3-2-4-6-14/h7-10,14H,2-6,11H2,1H3,(H,19,21). The molecule has 0 unspecified atom stereocenters. The second-order valence-corrected chi connectivity index (χ2v) is 8.72. The molecule has 0 aliphatic heterocycles. The first kappa shape index (κ1) is 17.5. The maximum atomic E-state index is 5.36. The summed E-state index contributed by atoms with van der Waals surface area (Å²) in [4.78, 5) is 4.47. The summed E-state index contributed by atoms with van der Waals surface area (Å²) in [5.41, 5.74) is 2.17. The van der Waals surface area contributed by atoms with Gasteiger partial charge in [-0.1, -0.05) is 77.3 Å². The number of benzene rings is 1. The van der Waals surface area contributed by atoms with Crippen LogP contribution >= 0.6 is 23.1 Å². The molecule has 1 saturated carbocycles. The van der Waals surface area contributed by atoms with Crippen molar-refractivity contribution in [2.45, 2.75) is 55.2 Å². The average molecular weight is 388 g/mol. The molecule has 1 N–H and O–H groups in total. The first-order valence-electron chi connectivity index (χ1n) is 8.89. The summed E-state index contributed by atoms with van der Waals surface area (Å²) < 4.78 is 6.27. The van der Waals surface area contributed by atoms with Crippen molar-refractivity contribution in [2.75, 3.05) is 5.32 Å². The predicted molar refractivity (Wildman–Crippen MR) is 104 cm³/mol. The van der Waals surface area contributed by atoms with Crippen LogP contribution in [0.1, 0.15) is 43.6 Å². The van der Waals surface area contributed by atoms with Gasteiger partial charge in [-0.3, -0.25) is 0 Å². The van der Waals surface area contributed by atoms with E-state index in [2.05, 4.69) is 32.6 Å². The van der Waals surface area contributed by atoms with E-state index in [1.54, 1.807) is 23.1 Å². The number of nitrogens with one attached hydrogen (secondary N) is 1. The quantitative estimate of drug-likeness (QED) is 0.601. The third kappa shape index (κ3) is 4.42. The summed E-state index contributed by atoms with van der Waals surface area (Å²) in [6.07, 6.45) is 6.42. The van der Waals surface area contributed by atoms with Crippen molar-refractivity contribution in [2.24, 2.45) is 0 Å². The molecule has 1 aliphatic carbocycles. The Morgan fingerprint density at radius 1 is 1.15 bits per heavy atom. The minimum Gasteiger partial charge on any atom is -0.357 e. The lowest BCUT2D eigenvalue weighted by molar-refractivity contribution is 0.391. The summed E-state index contributed by atoms with van der Waals surface area (Å²) in [5.74, 6) is 1.82. The highest BCUT2D eigenvalue weighted by molar-refractivity contribution is 8.00. The van der Waals surface area contributed by atoms with Gasteiger partial charge in [0.05, 0.1) is 5.75 Å². The van der Waals surface area contributed by atoms with Gasteiger partial charge in [-0.15, -0.1) is 10.2 Å². The molecule has 0 atom stereocenters. The zero-order chi connectivity index (χ0) is 17.8. The number of anilines is 1. The van der Waals surface area contributed by atoms with E-state index in [0.29, 0.717) is 23.5 Å². The summed E-state index contributed by atoms with van der Waals surface area (Å²) in [6, 6.07) is 8.64. The minimum absolute atomic E-state index is 0.544. The predicted octanol–water partition coefficient (Wildman–Crippen LogP) is 4.93. The molecule has 2 heterocycles. The zero-order valence-electron chi connectivity index (χ0n) is 14.6. The van der Waals surface area contributed by atoms with Gasteiger partial charge in [-0.05, 0) is 19.8 Å². The number of hydrogen-bond donors (Lipinski definition) is 1. The van der Waals surface area contributed by atoms with E-state index in [9.17, 15) is 0 Å². The third-order valence-electron chi connectivity index (χ3n) is 4.44. The van der Waals surface area contributed by atoms with Gasteiger partial charge >= 0.3 is 0 Å². The van der Waals surface area contributed by atoms with E-state index in [4.69, 9.17) is 4.52 Å². The van der Waals surface area contributed by atoms with Crippen molar-refractivity contribution in [3.8, 4) is 11.4 Å². The van der Waals surface area contributed by atoms with Gasteiger partial charge in [0.2, 0.25) is 16.8 Å². The highest BCUT2D eigenvalue weighted by Crippen LogP contribution is 2.30. The highest BCUT2D eigenvalue weighted by Gasteiger charge is 2.16. The number of nitrogens with zero attached hydrogens (tertiary/aromatic N) is 4. The Morgan fingerprint density at radius 3 is 2.77 bits per heavy atom. The van der Waals surface area contributed by atoms with Crippen LogP contribution in [-0.2, 0) is 5.75 Å². The monoisotopic (exact) mass is 387 g/mol. The molecule has 2 aromatic heterocycles. The molecule has 1 aliphatic rings. The molecule has 0 bridgehead atoms. The lowest BCUT2D eigenvalue weighted by atomic mass is 9.96.